The van der Waals surface area contributed by atoms with Crippen molar-refractivity contribution in [2.24, 2.45) is 29.6 Å². The Hall–Kier alpha value is -3.69. The third-order valence-electron chi connectivity index (χ3n) is 14.1. The molecule has 0 N–H and O–H groups in total. The quantitative estimate of drug-likeness (QED) is 0.127. The monoisotopic (exact) mass is 907 g/mol. The Labute approximate surface area is 386 Å². The highest BCUT2D eigenvalue weighted by atomic mass is 16.7. The number of rotatable bonds is 10. The Morgan fingerprint density at radius 2 is 1.38 bits per heavy atom. The van der Waals surface area contributed by atoms with Gasteiger partial charge in [0.1, 0.15) is 11.7 Å². The van der Waals surface area contributed by atoms with Gasteiger partial charge in [-0.25, -0.2) is 9.59 Å². The van der Waals surface area contributed by atoms with Crippen LogP contribution in [0.2, 0.25) is 0 Å². The van der Waals surface area contributed by atoms with Crippen LogP contribution in [0.3, 0.4) is 0 Å². The summed E-state index contributed by atoms with van der Waals surface area (Å²) >= 11 is 0. The zero-order valence-electron chi connectivity index (χ0n) is 40.6. The highest BCUT2D eigenvalue weighted by molar-refractivity contribution is 5.90. The van der Waals surface area contributed by atoms with Crippen LogP contribution in [0.25, 0.3) is 0 Å². The number of cyclic esters (lactones) is 1. The first-order valence-corrected chi connectivity index (χ1v) is 23.7. The topological polar surface area (TPSA) is 144 Å². The molecule has 0 amide bonds. The summed E-state index contributed by atoms with van der Waals surface area (Å²) in [5.41, 5.74) is 0.495. The summed E-state index contributed by atoms with van der Waals surface area (Å²) in [7, 11) is 1.57. The number of fused-ring (bicyclic) bond motifs is 2. The Kier molecular flexibility index (Phi) is 16.8. The summed E-state index contributed by atoms with van der Waals surface area (Å²) in [6.45, 7) is 26.1. The van der Waals surface area contributed by atoms with Crippen molar-refractivity contribution in [1.29, 1.82) is 0 Å². The minimum absolute atomic E-state index is 0.0291. The van der Waals surface area contributed by atoms with Gasteiger partial charge in [-0.2, -0.15) is 0 Å². The molecule has 4 heterocycles. The van der Waals surface area contributed by atoms with E-state index in [1.54, 1.807) is 62.6 Å². The van der Waals surface area contributed by atoms with E-state index in [9.17, 15) is 14.4 Å². The molecule has 0 spiro atoms. The number of carbonyl (C=O) groups is 3. The van der Waals surface area contributed by atoms with Gasteiger partial charge in [0.25, 0.3) is 0 Å². The van der Waals surface area contributed by atoms with Crippen molar-refractivity contribution in [2.75, 3.05) is 7.11 Å². The minimum atomic E-state index is -1.03. The van der Waals surface area contributed by atoms with E-state index in [-0.39, 0.29) is 36.4 Å². The molecule has 0 aromatic heterocycles. The number of benzene rings is 2. The molecule has 6 rings (SSSR count). The lowest BCUT2D eigenvalue weighted by atomic mass is 9.79. The van der Waals surface area contributed by atoms with Gasteiger partial charge in [0, 0.05) is 31.3 Å². The van der Waals surface area contributed by atoms with E-state index in [1.807, 2.05) is 67.5 Å². The fraction of sp³-hybridized carbons (Fsp3) is 0.673. The molecule has 17 atom stereocenters. The zero-order valence-corrected chi connectivity index (χ0v) is 40.6. The van der Waals surface area contributed by atoms with Crippen LogP contribution in [-0.2, 0) is 52.2 Å². The van der Waals surface area contributed by atoms with Crippen molar-refractivity contribution in [3.8, 4) is 0 Å². The third kappa shape index (κ3) is 11.9. The molecular formula is C52H74O13. The summed E-state index contributed by atoms with van der Waals surface area (Å²) < 4.78 is 65.3. The molecule has 4 saturated heterocycles. The molecule has 2 bridgehead atoms. The number of hydrogen-bond donors (Lipinski definition) is 0. The van der Waals surface area contributed by atoms with Crippen LogP contribution in [0.5, 0.6) is 0 Å². The van der Waals surface area contributed by atoms with Crippen molar-refractivity contribution < 1.29 is 61.8 Å². The lowest BCUT2D eigenvalue weighted by Crippen LogP contribution is -2.59. The molecule has 2 aromatic rings. The molecule has 0 saturated carbocycles. The first kappa shape index (κ1) is 50.7. The minimum Gasteiger partial charge on any atom is -0.457 e. The molecule has 0 aliphatic carbocycles. The maximum Gasteiger partial charge on any atom is 0.338 e. The van der Waals surface area contributed by atoms with Gasteiger partial charge in [0.15, 0.2) is 30.6 Å². The Morgan fingerprint density at radius 3 is 1.98 bits per heavy atom. The molecule has 9 unspecified atom stereocenters. The van der Waals surface area contributed by atoms with Crippen molar-refractivity contribution >= 4 is 17.9 Å². The Morgan fingerprint density at radius 1 is 0.769 bits per heavy atom. The van der Waals surface area contributed by atoms with Crippen molar-refractivity contribution in [2.45, 2.75) is 187 Å². The normalized spacial score (nSPS) is 39.3. The van der Waals surface area contributed by atoms with Crippen molar-refractivity contribution in [3.63, 3.8) is 0 Å². The summed E-state index contributed by atoms with van der Waals surface area (Å²) in [6.07, 6.45) is -4.41. The molecule has 13 heteroatoms. The van der Waals surface area contributed by atoms with Gasteiger partial charge in [-0.15, -0.1) is 0 Å². The average Bonchev–Trinajstić information content (AvgIpc) is 3.28. The maximum absolute atomic E-state index is 14.6. The Bertz CT molecular complexity index is 1910. The van der Waals surface area contributed by atoms with E-state index in [0.29, 0.717) is 42.4 Å². The number of esters is 3. The molecule has 65 heavy (non-hydrogen) atoms. The fourth-order valence-electron chi connectivity index (χ4n) is 10.3. The Balaban J connectivity index is 1.35. The van der Waals surface area contributed by atoms with Gasteiger partial charge >= 0.3 is 17.9 Å². The van der Waals surface area contributed by atoms with Crippen LogP contribution in [0.4, 0.5) is 0 Å². The molecule has 13 nitrogen and oxygen atoms in total. The smallest absolute Gasteiger partial charge is 0.338 e. The van der Waals surface area contributed by atoms with Gasteiger partial charge in [0.05, 0.1) is 53.7 Å². The fourth-order valence-corrected chi connectivity index (χ4v) is 10.3. The molecule has 360 valence electrons. The summed E-state index contributed by atoms with van der Waals surface area (Å²) in [5.74, 6) is -3.85. The van der Waals surface area contributed by atoms with Crippen LogP contribution < -0.4 is 0 Å². The van der Waals surface area contributed by atoms with E-state index in [2.05, 4.69) is 20.4 Å². The van der Waals surface area contributed by atoms with Crippen molar-refractivity contribution in [3.05, 3.63) is 83.9 Å². The summed E-state index contributed by atoms with van der Waals surface area (Å²) in [4.78, 5) is 41.5. The first-order valence-electron chi connectivity index (χ1n) is 23.7. The standard InChI is InChI=1S/C52H74O13/c1-14-39-32(5)45-34(7)42(64-51(10,11)65-45)29(2)25-26-40(60-50-43(30(3)27-31(4)57-50)62-48(54)37-21-17-15-18-22-37)33(6)44(35(8)47(53)59-39)61-41-28-52(12,56-13)46(36(9)58-41)63-49(55)38-23-19-16-20-24-38/h15-24,29-31,33-36,39-46,50H,5,14,25-28H2,1-4,6-13H3/t29-,30?,31?,33?,34+,35?,36?,39?,40+,41+,42?,43-,44?,45+,46+,50?,52-/m1/s1. The van der Waals surface area contributed by atoms with E-state index >= 15 is 0 Å². The highest BCUT2D eigenvalue weighted by Crippen LogP contribution is 2.43. The number of carbonyl (C=O) groups excluding carboxylic acids is 3. The van der Waals surface area contributed by atoms with E-state index in [4.69, 9.17) is 47.4 Å². The first-order chi connectivity index (χ1) is 30.7. The molecule has 2 aromatic carbocycles. The second kappa shape index (κ2) is 21.5. The lowest BCUT2D eigenvalue weighted by molar-refractivity contribution is -0.322. The largest absolute Gasteiger partial charge is 0.457 e. The van der Waals surface area contributed by atoms with E-state index in [0.717, 1.165) is 0 Å². The lowest BCUT2D eigenvalue weighted by Gasteiger charge is -2.49. The van der Waals surface area contributed by atoms with Gasteiger partial charge in [-0.3, -0.25) is 4.79 Å². The van der Waals surface area contributed by atoms with Gasteiger partial charge in [-0.05, 0) is 103 Å². The molecular weight excluding hydrogens is 833 g/mol. The maximum atomic E-state index is 14.6. The van der Waals surface area contributed by atoms with Crippen LogP contribution in [0.1, 0.15) is 129 Å². The van der Waals surface area contributed by atoms with Crippen molar-refractivity contribution in [1.82, 2.24) is 0 Å². The average molecular weight is 907 g/mol. The predicted molar refractivity (Wildman–Crippen MR) is 243 cm³/mol. The van der Waals surface area contributed by atoms with Crippen LogP contribution in [0, 0.1) is 29.6 Å². The summed E-state index contributed by atoms with van der Waals surface area (Å²) in [6, 6.07) is 17.7. The second-order valence-corrected chi connectivity index (χ2v) is 19.7. The second-order valence-electron chi connectivity index (χ2n) is 19.7. The van der Waals surface area contributed by atoms with Crippen LogP contribution in [0.15, 0.2) is 72.8 Å². The van der Waals surface area contributed by atoms with Crippen LogP contribution in [-0.4, -0.2) is 104 Å². The third-order valence-corrected chi connectivity index (χ3v) is 14.1. The number of methoxy groups -OCH3 is 1. The molecule has 4 fully saturated rings. The van der Waals surface area contributed by atoms with E-state index in [1.165, 1.54) is 0 Å². The summed E-state index contributed by atoms with van der Waals surface area (Å²) in [5, 5.41) is 0. The predicted octanol–water partition coefficient (Wildman–Crippen LogP) is 9.26. The van der Waals surface area contributed by atoms with Gasteiger partial charge in [-0.1, -0.05) is 77.6 Å². The highest BCUT2D eigenvalue weighted by Gasteiger charge is 2.52. The van der Waals surface area contributed by atoms with Gasteiger partial charge < -0.3 is 47.4 Å². The van der Waals surface area contributed by atoms with Gasteiger partial charge in [0.2, 0.25) is 0 Å². The number of ether oxygens (including phenoxy) is 10. The number of hydrogen-bond acceptors (Lipinski definition) is 13. The zero-order chi connectivity index (χ0) is 47.4. The molecule has 4 aliphatic rings. The van der Waals surface area contributed by atoms with Crippen LogP contribution >= 0.6 is 0 Å². The SMILES string of the molecule is C=C1C(CC)OC(=O)C(C)C(O[C@H]2C[C@@](C)(OC)[C@@H](OC(=O)c3ccccc3)C(C)O2)C(C)[C@@H](OC2OC(C)CC(C)[C@H]2OC(=O)c2ccccc2)CC[C@@H](C)C2OC(C)(C)O[C@@H]1[C@H]2C. The molecule has 4 aliphatic heterocycles. The van der Waals surface area contributed by atoms with E-state index < -0.39 is 96.4 Å². The molecule has 0 radical (unpaired) electrons.